The molecule has 0 aliphatic heterocycles. The molecule has 0 saturated heterocycles. The maximum Gasteiger partial charge on any atom is 0.122 e. The summed E-state index contributed by atoms with van der Waals surface area (Å²) in [7, 11) is 0. The smallest absolute Gasteiger partial charge is 0.122 e. The van der Waals surface area contributed by atoms with Gasteiger partial charge in [0.15, 0.2) is 0 Å². The molecule has 0 aliphatic rings. The Balaban J connectivity index is 1.76. The standard InChI is InChI=1S/C17H20O2/c1-14(12-18-16-9-4-3-5-10-16)13-19-17-11-7-6-8-15(17)2/h3-11,14H,12-13H2,1-2H3. The maximum atomic E-state index is 5.81. The lowest BCUT2D eigenvalue weighted by atomic mass is 10.2. The predicted molar refractivity (Wildman–Crippen MR) is 77.8 cm³/mol. The molecule has 0 saturated carbocycles. The molecule has 0 bridgehead atoms. The van der Waals surface area contributed by atoms with E-state index in [1.807, 2.05) is 48.5 Å². The lowest BCUT2D eigenvalue weighted by Gasteiger charge is -2.15. The third-order valence-electron chi connectivity index (χ3n) is 2.89. The second kappa shape index (κ2) is 6.83. The second-order valence-electron chi connectivity index (χ2n) is 4.81. The van der Waals surface area contributed by atoms with Gasteiger partial charge in [0.05, 0.1) is 13.2 Å². The van der Waals surface area contributed by atoms with Gasteiger partial charge >= 0.3 is 0 Å². The average molecular weight is 256 g/mol. The van der Waals surface area contributed by atoms with E-state index in [0.29, 0.717) is 19.1 Å². The first-order valence-electron chi connectivity index (χ1n) is 6.62. The Bertz CT molecular complexity index is 494. The number of para-hydroxylation sites is 2. The lowest BCUT2D eigenvalue weighted by Crippen LogP contribution is -2.16. The molecule has 19 heavy (non-hydrogen) atoms. The molecular formula is C17H20O2. The fourth-order valence-corrected chi connectivity index (χ4v) is 1.75. The molecule has 0 fully saturated rings. The van der Waals surface area contributed by atoms with E-state index in [0.717, 1.165) is 11.5 Å². The number of ether oxygens (including phenoxy) is 2. The monoisotopic (exact) mass is 256 g/mol. The molecule has 2 aromatic rings. The number of hydrogen-bond donors (Lipinski definition) is 0. The highest BCUT2D eigenvalue weighted by atomic mass is 16.5. The summed E-state index contributed by atoms with van der Waals surface area (Å²) in [4.78, 5) is 0. The van der Waals surface area contributed by atoms with Crippen molar-refractivity contribution in [2.45, 2.75) is 13.8 Å². The van der Waals surface area contributed by atoms with Crippen molar-refractivity contribution in [3.63, 3.8) is 0 Å². The molecule has 1 unspecified atom stereocenters. The van der Waals surface area contributed by atoms with E-state index in [1.165, 1.54) is 5.56 Å². The number of rotatable bonds is 6. The summed E-state index contributed by atoms with van der Waals surface area (Å²) < 4.78 is 11.5. The summed E-state index contributed by atoms with van der Waals surface area (Å²) >= 11 is 0. The van der Waals surface area contributed by atoms with Crippen molar-refractivity contribution in [2.24, 2.45) is 5.92 Å². The molecule has 0 amide bonds. The van der Waals surface area contributed by atoms with Gasteiger partial charge in [-0.2, -0.15) is 0 Å². The van der Waals surface area contributed by atoms with Crippen LogP contribution in [0.15, 0.2) is 54.6 Å². The van der Waals surface area contributed by atoms with E-state index in [-0.39, 0.29) is 0 Å². The molecule has 0 N–H and O–H groups in total. The third-order valence-corrected chi connectivity index (χ3v) is 2.89. The van der Waals surface area contributed by atoms with Crippen molar-refractivity contribution in [2.75, 3.05) is 13.2 Å². The zero-order chi connectivity index (χ0) is 13.5. The summed E-state index contributed by atoms with van der Waals surface area (Å²) in [5.41, 5.74) is 1.17. The summed E-state index contributed by atoms with van der Waals surface area (Å²) in [6.45, 7) is 5.51. The minimum atomic E-state index is 0.347. The van der Waals surface area contributed by atoms with E-state index in [1.54, 1.807) is 0 Å². The number of hydrogen-bond acceptors (Lipinski definition) is 2. The summed E-state index contributed by atoms with van der Waals surface area (Å²) in [6, 6.07) is 17.9. The van der Waals surface area contributed by atoms with Gasteiger partial charge in [-0.3, -0.25) is 0 Å². The molecule has 0 aromatic heterocycles. The van der Waals surface area contributed by atoms with Crippen LogP contribution in [0.2, 0.25) is 0 Å². The molecular weight excluding hydrogens is 236 g/mol. The van der Waals surface area contributed by atoms with Crippen LogP contribution in [0, 0.1) is 12.8 Å². The molecule has 0 radical (unpaired) electrons. The highest BCUT2D eigenvalue weighted by Crippen LogP contribution is 2.17. The Morgan fingerprint density at radius 2 is 1.47 bits per heavy atom. The van der Waals surface area contributed by atoms with Crippen molar-refractivity contribution in [3.05, 3.63) is 60.2 Å². The Morgan fingerprint density at radius 3 is 2.21 bits per heavy atom. The van der Waals surface area contributed by atoms with Gasteiger partial charge in [-0.05, 0) is 30.7 Å². The zero-order valence-electron chi connectivity index (χ0n) is 11.5. The highest BCUT2D eigenvalue weighted by Gasteiger charge is 2.05. The minimum Gasteiger partial charge on any atom is -0.493 e. The van der Waals surface area contributed by atoms with Gasteiger partial charge in [0.25, 0.3) is 0 Å². The van der Waals surface area contributed by atoms with Crippen LogP contribution in [0.1, 0.15) is 12.5 Å². The minimum absolute atomic E-state index is 0.347. The van der Waals surface area contributed by atoms with Gasteiger partial charge in [0.1, 0.15) is 11.5 Å². The molecule has 100 valence electrons. The van der Waals surface area contributed by atoms with Crippen LogP contribution in [0.5, 0.6) is 11.5 Å². The molecule has 0 spiro atoms. The van der Waals surface area contributed by atoms with Crippen LogP contribution in [0.4, 0.5) is 0 Å². The van der Waals surface area contributed by atoms with Crippen molar-refractivity contribution < 1.29 is 9.47 Å². The Kier molecular flexibility index (Phi) is 4.85. The van der Waals surface area contributed by atoms with Crippen LogP contribution in [0.3, 0.4) is 0 Å². The lowest BCUT2D eigenvalue weighted by molar-refractivity contribution is 0.187. The number of aryl methyl sites for hydroxylation is 1. The average Bonchev–Trinajstić information content (AvgIpc) is 2.45. The van der Waals surface area contributed by atoms with E-state index < -0.39 is 0 Å². The van der Waals surface area contributed by atoms with E-state index in [4.69, 9.17) is 9.47 Å². The Labute approximate surface area is 115 Å². The number of benzene rings is 2. The molecule has 0 heterocycles. The maximum absolute atomic E-state index is 5.81. The first kappa shape index (κ1) is 13.5. The molecule has 2 nitrogen and oxygen atoms in total. The SMILES string of the molecule is Cc1ccccc1OCC(C)COc1ccccc1. The normalized spacial score (nSPS) is 11.9. The van der Waals surface area contributed by atoms with E-state index in [2.05, 4.69) is 19.9 Å². The molecule has 0 aliphatic carbocycles. The third kappa shape index (κ3) is 4.32. The van der Waals surface area contributed by atoms with Gasteiger partial charge in [0.2, 0.25) is 0 Å². The van der Waals surface area contributed by atoms with Crippen molar-refractivity contribution in [1.29, 1.82) is 0 Å². The predicted octanol–water partition coefficient (Wildman–Crippen LogP) is 4.09. The van der Waals surface area contributed by atoms with Crippen LogP contribution < -0.4 is 9.47 Å². The van der Waals surface area contributed by atoms with Crippen molar-refractivity contribution in [1.82, 2.24) is 0 Å². The topological polar surface area (TPSA) is 18.5 Å². The first-order valence-corrected chi connectivity index (χ1v) is 6.62. The van der Waals surface area contributed by atoms with Gasteiger partial charge in [0, 0.05) is 5.92 Å². The molecule has 2 rings (SSSR count). The summed E-state index contributed by atoms with van der Waals surface area (Å²) in [5.74, 6) is 2.21. The Morgan fingerprint density at radius 1 is 0.842 bits per heavy atom. The van der Waals surface area contributed by atoms with Crippen LogP contribution in [-0.4, -0.2) is 13.2 Å². The van der Waals surface area contributed by atoms with Crippen molar-refractivity contribution >= 4 is 0 Å². The molecule has 1 atom stereocenters. The zero-order valence-corrected chi connectivity index (χ0v) is 11.5. The molecule has 2 heteroatoms. The van der Waals surface area contributed by atoms with Gasteiger partial charge in [-0.1, -0.05) is 43.3 Å². The van der Waals surface area contributed by atoms with Gasteiger partial charge in [-0.15, -0.1) is 0 Å². The van der Waals surface area contributed by atoms with Crippen molar-refractivity contribution in [3.8, 4) is 11.5 Å². The highest BCUT2D eigenvalue weighted by molar-refractivity contribution is 5.31. The van der Waals surface area contributed by atoms with Crippen LogP contribution >= 0.6 is 0 Å². The Hall–Kier alpha value is -1.96. The van der Waals surface area contributed by atoms with E-state index >= 15 is 0 Å². The first-order chi connectivity index (χ1) is 9.25. The summed E-state index contributed by atoms with van der Waals surface area (Å²) in [5, 5.41) is 0. The van der Waals surface area contributed by atoms with Gasteiger partial charge < -0.3 is 9.47 Å². The summed E-state index contributed by atoms with van der Waals surface area (Å²) in [6.07, 6.45) is 0. The van der Waals surface area contributed by atoms with Crippen LogP contribution in [-0.2, 0) is 0 Å². The fourth-order valence-electron chi connectivity index (χ4n) is 1.75. The molecule has 2 aromatic carbocycles. The largest absolute Gasteiger partial charge is 0.493 e. The quantitative estimate of drug-likeness (QED) is 0.775. The fraction of sp³-hybridized carbons (Fsp3) is 0.294. The second-order valence-corrected chi connectivity index (χ2v) is 4.81. The van der Waals surface area contributed by atoms with E-state index in [9.17, 15) is 0 Å². The van der Waals surface area contributed by atoms with Gasteiger partial charge in [-0.25, -0.2) is 0 Å². The van der Waals surface area contributed by atoms with Crippen LogP contribution in [0.25, 0.3) is 0 Å².